The number of nitrogens with one attached hydrogen (secondary N) is 1. The van der Waals surface area contributed by atoms with Crippen LogP contribution in [-0.4, -0.2) is 40.9 Å². The number of aromatic nitrogens is 3. The lowest BCUT2D eigenvalue weighted by atomic mass is 10.3. The third-order valence-corrected chi connectivity index (χ3v) is 3.64. The van der Waals surface area contributed by atoms with E-state index in [1.807, 2.05) is 42.6 Å². The molecular weight excluding hydrogens is 332 g/mol. The van der Waals surface area contributed by atoms with E-state index in [0.29, 0.717) is 24.6 Å². The van der Waals surface area contributed by atoms with Gasteiger partial charge in [0.05, 0.1) is 19.3 Å². The second-order valence-electron chi connectivity index (χ2n) is 5.50. The third-order valence-electron chi connectivity index (χ3n) is 3.64. The van der Waals surface area contributed by atoms with E-state index < -0.39 is 0 Å². The molecule has 0 aliphatic rings. The lowest BCUT2D eigenvalue weighted by Crippen LogP contribution is -2.31. The predicted molar refractivity (Wildman–Crippen MR) is 97.0 cm³/mol. The van der Waals surface area contributed by atoms with E-state index in [1.54, 1.807) is 30.1 Å². The summed E-state index contributed by atoms with van der Waals surface area (Å²) < 4.78 is 12.3. The molecule has 0 saturated heterocycles. The molecule has 3 rings (SSSR count). The third kappa shape index (κ3) is 4.83. The fourth-order valence-electron chi connectivity index (χ4n) is 2.34. The average Bonchev–Trinajstić information content (AvgIpc) is 3.16. The molecule has 0 spiro atoms. The second kappa shape index (κ2) is 8.66. The Balaban J connectivity index is 1.42. The molecule has 2 aromatic heterocycles. The Morgan fingerprint density at radius 1 is 1.12 bits per heavy atom. The lowest BCUT2D eigenvalue weighted by molar-refractivity contribution is -0.123. The van der Waals surface area contributed by atoms with Crippen LogP contribution in [0.4, 0.5) is 0 Å². The van der Waals surface area contributed by atoms with Gasteiger partial charge in [-0.1, -0.05) is 12.1 Å². The Morgan fingerprint density at radius 2 is 2.00 bits per heavy atom. The van der Waals surface area contributed by atoms with Gasteiger partial charge in [0.15, 0.2) is 6.61 Å². The molecule has 134 valence electrons. The maximum absolute atomic E-state index is 11.9. The quantitative estimate of drug-likeness (QED) is 0.672. The Labute approximate surface area is 151 Å². The van der Waals surface area contributed by atoms with E-state index >= 15 is 0 Å². The maximum atomic E-state index is 11.9. The Kier molecular flexibility index (Phi) is 5.82. The summed E-state index contributed by atoms with van der Waals surface area (Å²) in [5.41, 5.74) is 1.63. The molecule has 0 saturated carbocycles. The van der Waals surface area contributed by atoms with Crippen molar-refractivity contribution in [3.8, 4) is 22.9 Å². The first-order valence-electron chi connectivity index (χ1n) is 8.23. The molecule has 0 aliphatic carbocycles. The zero-order valence-corrected chi connectivity index (χ0v) is 14.5. The van der Waals surface area contributed by atoms with Crippen LogP contribution in [0.1, 0.15) is 0 Å². The van der Waals surface area contributed by atoms with Crippen LogP contribution in [-0.2, 0) is 11.3 Å². The summed E-state index contributed by atoms with van der Waals surface area (Å²) in [5, 5.41) is 7.26. The highest BCUT2D eigenvalue weighted by Gasteiger charge is 2.05. The number of methoxy groups -OCH3 is 1. The van der Waals surface area contributed by atoms with Crippen LogP contribution < -0.4 is 14.8 Å². The van der Waals surface area contributed by atoms with Crippen LogP contribution in [0.15, 0.2) is 60.9 Å². The van der Waals surface area contributed by atoms with Crippen molar-refractivity contribution in [2.45, 2.75) is 6.54 Å². The van der Waals surface area contributed by atoms with Crippen LogP contribution in [0.25, 0.3) is 11.4 Å². The highest BCUT2D eigenvalue weighted by atomic mass is 16.5. The molecule has 0 unspecified atom stereocenters. The summed E-state index contributed by atoms with van der Waals surface area (Å²) in [7, 11) is 1.58. The van der Waals surface area contributed by atoms with Gasteiger partial charge in [-0.2, -0.15) is 5.10 Å². The number of amides is 1. The molecular formula is C19H20N4O3. The zero-order chi connectivity index (χ0) is 18.2. The van der Waals surface area contributed by atoms with Crippen molar-refractivity contribution in [3.05, 3.63) is 60.9 Å². The van der Waals surface area contributed by atoms with Gasteiger partial charge in [0.25, 0.3) is 5.91 Å². The number of hydrogen-bond donors (Lipinski definition) is 1. The molecule has 1 N–H and O–H groups in total. The summed E-state index contributed by atoms with van der Waals surface area (Å²) in [6.07, 6.45) is 3.60. The molecule has 7 heteroatoms. The molecule has 1 aromatic carbocycles. The van der Waals surface area contributed by atoms with E-state index in [9.17, 15) is 4.79 Å². The minimum Gasteiger partial charge on any atom is -0.497 e. The first-order chi connectivity index (χ1) is 12.7. The molecule has 1 amide bonds. The molecule has 0 atom stereocenters. The minimum atomic E-state index is -0.190. The van der Waals surface area contributed by atoms with E-state index in [2.05, 4.69) is 15.4 Å². The van der Waals surface area contributed by atoms with Crippen molar-refractivity contribution in [2.24, 2.45) is 0 Å². The first kappa shape index (κ1) is 17.5. The van der Waals surface area contributed by atoms with E-state index in [0.717, 1.165) is 11.4 Å². The van der Waals surface area contributed by atoms with Crippen LogP contribution in [0.3, 0.4) is 0 Å². The van der Waals surface area contributed by atoms with Gasteiger partial charge in [-0.25, -0.2) is 0 Å². The average molecular weight is 352 g/mol. The normalized spacial score (nSPS) is 10.3. The van der Waals surface area contributed by atoms with Crippen molar-refractivity contribution < 1.29 is 14.3 Å². The fourth-order valence-corrected chi connectivity index (χ4v) is 2.34. The summed E-state index contributed by atoms with van der Waals surface area (Å²) in [5.74, 6) is 1.09. The standard InChI is InChI=1S/C19H20N4O3/c1-25-15-5-4-6-16(13-15)26-14-19(24)21-10-12-23-11-8-18(22-23)17-7-2-3-9-20-17/h2-9,11,13H,10,12,14H2,1H3,(H,21,24). The second-order valence-corrected chi connectivity index (χ2v) is 5.50. The number of benzene rings is 1. The van der Waals surface area contributed by atoms with Gasteiger partial charge in [0.1, 0.15) is 17.2 Å². The van der Waals surface area contributed by atoms with E-state index in [-0.39, 0.29) is 12.5 Å². The summed E-state index contributed by atoms with van der Waals surface area (Å²) in [6.45, 7) is 0.979. The molecule has 3 aromatic rings. The molecule has 2 heterocycles. The minimum absolute atomic E-state index is 0.0501. The molecule has 0 bridgehead atoms. The smallest absolute Gasteiger partial charge is 0.258 e. The predicted octanol–water partition coefficient (Wildman–Crippen LogP) is 2.15. The Bertz CT molecular complexity index is 849. The maximum Gasteiger partial charge on any atom is 0.258 e. The van der Waals surface area contributed by atoms with Gasteiger partial charge < -0.3 is 14.8 Å². The van der Waals surface area contributed by atoms with Crippen molar-refractivity contribution >= 4 is 5.91 Å². The van der Waals surface area contributed by atoms with Crippen molar-refractivity contribution in [1.29, 1.82) is 0 Å². The monoisotopic (exact) mass is 352 g/mol. The highest BCUT2D eigenvalue weighted by Crippen LogP contribution is 2.18. The van der Waals surface area contributed by atoms with Gasteiger partial charge in [-0.3, -0.25) is 14.5 Å². The van der Waals surface area contributed by atoms with Gasteiger partial charge in [0.2, 0.25) is 0 Å². The summed E-state index contributed by atoms with van der Waals surface area (Å²) in [6, 6.07) is 14.7. The summed E-state index contributed by atoms with van der Waals surface area (Å²) >= 11 is 0. The van der Waals surface area contributed by atoms with Gasteiger partial charge in [0, 0.05) is 25.0 Å². The van der Waals surface area contributed by atoms with Gasteiger partial charge in [-0.15, -0.1) is 0 Å². The van der Waals surface area contributed by atoms with Crippen LogP contribution in [0, 0.1) is 0 Å². The van der Waals surface area contributed by atoms with Crippen molar-refractivity contribution in [1.82, 2.24) is 20.1 Å². The van der Waals surface area contributed by atoms with Gasteiger partial charge in [-0.05, 0) is 30.3 Å². The van der Waals surface area contributed by atoms with Crippen LogP contribution in [0.2, 0.25) is 0 Å². The number of carbonyl (C=O) groups is 1. The van der Waals surface area contributed by atoms with E-state index in [4.69, 9.17) is 9.47 Å². The number of pyridine rings is 1. The number of nitrogens with zero attached hydrogens (tertiary/aromatic N) is 3. The largest absolute Gasteiger partial charge is 0.497 e. The lowest BCUT2D eigenvalue weighted by Gasteiger charge is -2.08. The van der Waals surface area contributed by atoms with Crippen LogP contribution in [0.5, 0.6) is 11.5 Å². The molecule has 0 radical (unpaired) electrons. The Hall–Kier alpha value is -3.35. The number of hydrogen-bond acceptors (Lipinski definition) is 5. The van der Waals surface area contributed by atoms with Crippen molar-refractivity contribution in [2.75, 3.05) is 20.3 Å². The SMILES string of the molecule is COc1cccc(OCC(=O)NCCn2ccc(-c3ccccn3)n2)c1. The zero-order valence-electron chi connectivity index (χ0n) is 14.5. The molecule has 7 nitrogen and oxygen atoms in total. The Morgan fingerprint density at radius 3 is 2.81 bits per heavy atom. The van der Waals surface area contributed by atoms with Gasteiger partial charge >= 0.3 is 0 Å². The fraction of sp³-hybridized carbons (Fsp3) is 0.211. The molecule has 26 heavy (non-hydrogen) atoms. The number of carbonyl (C=O) groups excluding carboxylic acids is 1. The number of ether oxygens (including phenoxy) is 2. The summed E-state index contributed by atoms with van der Waals surface area (Å²) in [4.78, 5) is 16.1. The van der Waals surface area contributed by atoms with E-state index in [1.165, 1.54) is 0 Å². The van der Waals surface area contributed by atoms with Crippen molar-refractivity contribution in [3.63, 3.8) is 0 Å². The number of rotatable bonds is 8. The highest BCUT2D eigenvalue weighted by molar-refractivity contribution is 5.77. The van der Waals surface area contributed by atoms with Crippen LogP contribution >= 0.6 is 0 Å². The topological polar surface area (TPSA) is 78.3 Å². The first-order valence-corrected chi connectivity index (χ1v) is 8.23. The molecule has 0 fully saturated rings. The molecule has 0 aliphatic heterocycles.